The summed E-state index contributed by atoms with van der Waals surface area (Å²) in [5.41, 5.74) is 2.85. The zero-order valence-electron chi connectivity index (χ0n) is 13.8. The fourth-order valence-electron chi connectivity index (χ4n) is 2.93. The van der Waals surface area contributed by atoms with Crippen LogP contribution >= 0.6 is 11.6 Å². The molecular formula is C22H15ClN2O. The van der Waals surface area contributed by atoms with E-state index >= 15 is 0 Å². The number of carbonyl (C=O) groups is 1. The summed E-state index contributed by atoms with van der Waals surface area (Å²) in [6.07, 6.45) is 1.73. The summed E-state index contributed by atoms with van der Waals surface area (Å²) in [4.78, 5) is 19.5. The smallest absolute Gasteiger partial charge is 0.262 e. The summed E-state index contributed by atoms with van der Waals surface area (Å²) < 4.78 is 0. The minimum Gasteiger partial charge on any atom is -0.275 e. The molecule has 3 aromatic carbocycles. The van der Waals surface area contributed by atoms with Gasteiger partial charge in [0.2, 0.25) is 0 Å². The molecule has 0 radical (unpaired) electrons. The van der Waals surface area contributed by atoms with Crippen LogP contribution in [0.1, 0.15) is 10.4 Å². The molecular weight excluding hydrogens is 344 g/mol. The Morgan fingerprint density at radius 2 is 1.54 bits per heavy atom. The fourth-order valence-corrected chi connectivity index (χ4v) is 3.06. The van der Waals surface area contributed by atoms with Gasteiger partial charge in [-0.3, -0.25) is 14.7 Å². The van der Waals surface area contributed by atoms with Crippen LogP contribution in [0.15, 0.2) is 91.1 Å². The van der Waals surface area contributed by atoms with Gasteiger partial charge in [-0.25, -0.2) is 0 Å². The lowest BCUT2D eigenvalue weighted by atomic mass is 10.1. The van der Waals surface area contributed by atoms with Crippen molar-refractivity contribution in [2.45, 2.75) is 0 Å². The molecule has 0 unspecified atom stereocenters. The normalized spacial score (nSPS) is 10.7. The lowest BCUT2D eigenvalue weighted by Crippen LogP contribution is -2.26. The van der Waals surface area contributed by atoms with Gasteiger partial charge in [-0.1, -0.05) is 48.0 Å². The Kier molecular flexibility index (Phi) is 4.38. The zero-order chi connectivity index (χ0) is 17.9. The van der Waals surface area contributed by atoms with E-state index in [9.17, 15) is 4.79 Å². The summed E-state index contributed by atoms with van der Waals surface area (Å²) in [6.45, 7) is 0. The maximum absolute atomic E-state index is 13.3. The first-order chi connectivity index (χ1) is 12.7. The molecule has 0 N–H and O–H groups in total. The van der Waals surface area contributed by atoms with Gasteiger partial charge in [0.05, 0.1) is 11.2 Å². The lowest BCUT2D eigenvalue weighted by molar-refractivity contribution is 0.0999. The largest absolute Gasteiger partial charge is 0.275 e. The second-order valence-corrected chi connectivity index (χ2v) is 6.27. The monoisotopic (exact) mass is 358 g/mol. The first-order valence-corrected chi connectivity index (χ1v) is 8.61. The number of rotatable bonds is 3. The average Bonchev–Trinajstić information content (AvgIpc) is 2.70. The second kappa shape index (κ2) is 6.98. The Morgan fingerprint density at radius 1 is 0.808 bits per heavy atom. The molecule has 1 heterocycles. The molecule has 0 saturated carbocycles. The molecule has 0 bridgehead atoms. The Labute approximate surface area is 156 Å². The molecule has 4 rings (SSSR count). The van der Waals surface area contributed by atoms with Gasteiger partial charge in [0.1, 0.15) is 0 Å². The number of carbonyl (C=O) groups excluding carboxylic acids is 1. The molecule has 26 heavy (non-hydrogen) atoms. The quantitative estimate of drug-likeness (QED) is 0.459. The number of halogens is 1. The maximum Gasteiger partial charge on any atom is 0.262 e. The average molecular weight is 359 g/mol. The number of pyridine rings is 1. The molecule has 0 aliphatic heterocycles. The highest BCUT2D eigenvalue weighted by atomic mass is 35.5. The Balaban J connectivity index is 1.93. The third-order valence-corrected chi connectivity index (χ3v) is 4.41. The third kappa shape index (κ3) is 3.05. The van der Waals surface area contributed by atoms with Crippen LogP contribution in [-0.2, 0) is 0 Å². The van der Waals surface area contributed by atoms with E-state index in [0.717, 1.165) is 22.3 Å². The number of benzene rings is 3. The summed E-state index contributed by atoms with van der Waals surface area (Å²) in [7, 11) is 0. The molecule has 4 aromatic rings. The summed E-state index contributed by atoms with van der Waals surface area (Å²) in [6, 6.07) is 26.2. The van der Waals surface area contributed by atoms with Crippen LogP contribution in [0.3, 0.4) is 0 Å². The van der Waals surface area contributed by atoms with Gasteiger partial charge in [-0.05, 0) is 48.5 Å². The van der Waals surface area contributed by atoms with Crippen LogP contribution in [0.2, 0.25) is 5.02 Å². The van der Waals surface area contributed by atoms with E-state index in [4.69, 9.17) is 11.6 Å². The van der Waals surface area contributed by atoms with Crippen LogP contribution in [0, 0.1) is 0 Å². The second-order valence-electron chi connectivity index (χ2n) is 5.84. The van der Waals surface area contributed by atoms with Gasteiger partial charge >= 0.3 is 0 Å². The molecule has 0 fully saturated rings. The number of hydrogen-bond acceptors (Lipinski definition) is 2. The topological polar surface area (TPSA) is 33.2 Å². The standard InChI is InChI=1S/C22H15ClN2O/c23-18-11-13-19(14-12-18)25(22(26)17-6-2-1-3-7-17)20-10-4-8-16-9-5-15-24-21(16)20/h1-15H. The first-order valence-electron chi connectivity index (χ1n) is 8.23. The van der Waals surface area contributed by atoms with E-state index in [1.165, 1.54) is 0 Å². The van der Waals surface area contributed by atoms with E-state index in [1.54, 1.807) is 23.2 Å². The number of fused-ring (bicyclic) bond motifs is 1. The molecule has 0 atom stereocenters. The minimum absolute atomic E-state index is 0.119. The van der Waals surface area contributed by atoms with Crippen molar-refractivity contribution in [3.63, 3.8) is 0 Å². The van der Waals surface area contributed by atoms with Gasteiger partial charge in [0.25, 0.3) is 5.91 Å². The van der Waals surface area contributed by atoms with Crippen LogP contribution in [0.4, 0.5) is 11.4 Å². The number of hydrogen-bond donors (Lipinski definition) is 0. The maximum atomic E-state index is 13.3. The van der Waals surface area contributed by atoms with Crippen molar-refractivity contribution in [3.8, 4) is 0 Å². The van der Waals surface area contributed by atoms with E-state index in [2.05, 4.69) is 4.98 Å². The fraction of sp³-hybridized carbons (Fsp3) is 0. The lowest BCUT2D eigenvalue weighted by Gasteiger charge is -2.24. The Morgan fingerprint density at radius 3 is 2.31 bits per heavy atom. The van der Waals surface area contributed by atoms with Crippen molar-refractivity contribution >= 4 is 39.8 Å². The highest BCUT2D eigenvalue weighted by Crippen LogP contribution is 2.33. The van der Waals surface area contributed by atoms with Crippen LogP contribution in [-0.4, -0.2) is 10.9 Å². The minimum atomic E-state index is -0.119. The van der Waals surface area contributed by atoms with Gasteiger partial charge in [-0.2, -0.15) is 0 Å². The molecule has 0 spiro atoms. The SMILES string of the molecule is O=C(c1ccccc1)N(c1ccc(Cl)cc1)c1cccc2cccnc12. The zero-order valence-corrected chi connectivity index (χ0v) is 14.6. The van der Waals surface area contributed by atoms with Crippen molar-refractivity contribution in [3.05, 3.63) is 102 Å². The van der Waals surface area contributed by atoms with Crippen LogP contribution in [0.5, 0.6) is 0 Å². The number of amides is 1. The molecule has 0 saturated heterocycles. The van der Waals surface area contributed by atoms with Gasteiger partial charge in [0, 0.05) is 27.9 Å². The Hall–Kier alpha value is -3.17. The predicted molar refractivity (Wildman–Crippen MR) is 106 cm³/mol. The highest BCUT2D eigenvalue weighted by Gasteiger charge is 2.22. The molecule has 1 amide bonds. The van der Waals surface area contributed by atoms with Crippen LogP contribution in [0.25, 0.3) is 10.9 Å². The summed E-state index contributed by atoms with van der Waals surface area (Å²) in [5, 5.41) is 1.60. The molecule has 0 aliphatic rings. The number of nitrogens with zero attached hydrogens (tertiary/aromatic N) is 2. The van der Waals surface area contributed by atoms with Gasteiger partial charge < -0.3 is 0 Å². The highest BCUT2D eigenvalue weighted by molar-refractivity contribution is 6.30. The third-order valence-electron chi connectivity index (χ3n) is 4.16. The summed E-state index contributed by atoms with van der Waals surface area (Å²) in [5.74, 6) is -0.119. The van der Waals surface area contributed by atoms with Crippen molar-refractivity contribution in [2.24, 2.45) is 0 Å². The van der Waals surface area contributed by atoms with Gasteiger partial charge in [0.15, 0.2) is 0 Å². The molecule has 126 valence electrons. The van der Waals surface area contributed by atoms with Crippen molar-refractivity contribution in [2.75, 3.05) is 4.90 Å². The molecule has 1 aromatic heterocycles. The number of para-hydroxylation sites is 1. The van der Waals surface area contributed by atoms with E-state index in [-0.39, 0.29) is 5.91 Å². The van der Waals surface area contributed by atoms with Crippen LogP contribution < -0.4 is 4.90 Å². The Bertz CT molecular complexity index is 1060. The molecule has 4 heteroatoms. The van der Waals surface area contributed by atoms with E-state index in [1.807, 2.05) is 72.8 Å². The first kappa shape index (κ1) is 16.3. The molecule has 0 aliphatic carbocycles. The van der Waals surface area contributed by atoms with Crippen molar-refractivity contribution in [1.29, 1.82) is 0 Å². The number of aromatic nitrogens is 1. The van der Waals surface area contributed by atoms with Crippen molar-refractivity contribution in [1.82, 2.24) is 4.98 Å². The number of anilines is 2. The van der Waals surface area contributed by atoms with E-state index < -0.39 is 0 Å². The predicted octanol–water partition coefficient (Wildman–Crippen LogP) is 5.87. The van der Waals surface area contributed by atoms with Gasteiger partial charge in [-0.15, -0.1) is 0 Å². The van der Waals surface area contributed by atoms with Crippen molar-refractivity contribution < 1.29 is 4.79 Å². The summed E-state index contributed by atoms with van der Waals surface area (Å²) >= 11 is 6.04. The molecule has 3 nitrogen and oxygen atoms in total. The van der Waals surface area contributed by atoms with E-state index in [0.29, 0.717) is 10.6 Å².